The fourth-order valence-corrected chi connectivity index (χ4v) is 3.78. The van der Waals surface area contributed by atoms with Crippen LogP contribution in [0.2, 0.25) is 0 Å². The molecule has 0 radical (unpaired) electrons. The monoisotopic (exact) mass is 390 g/mol. The Morgan fingerprint density at radius 2 is 2.03 bits per heavy atom. The highest BCUT2D eigenvalue weighted by atomic mass is 16.5. The fourth-order valence-electron chi connectivity index (χ4n) is 3.78. The summed E-state index contributed by atoms with van der Waals surface area (Å²) in [6.07, 6.45) is 4.79. The second kappa shape index (κ2) is 8.11. The third-order valence-electron chi connectivity index (χ3n) is 5.46. The number of H-pyrrole nitrogens is 1. The second-order valence-electron chi connectivity index (χ2n) is 7.74. The maximum Gasteiger partial charge on any atom is 0.169 e. The topological polar surface area (TPSA) is 64.2 Å². The minimum atomic E-state index is -0.0765. The van der Waals surface area contributed by atoms with Gasteiger partial charge in [-0.2, -0.15) is 5.10 Å². The molecule has 1 atom stereocenters. The number of carbonyl (C=O) groups is 1. The van der Waals surface area contributed by atoms with E-state index in [1.807, 2.05) is 43.5 Å². The van der Waals surface area contributed by atoms with E-state index in [9.17, 15) is 4.79 Å². The van der Waals surface area contributed by atoms with E-state index in [1.54, 1.807) is 14.0 Å². The lowest BCUT2D eigenvalue weighted by atomic mass is 9.87. The maximum absolute atomic E-state index is 11.9. The summed E-state index contributed by atoms with van der Waals surface area (Å²) in [5, 5.41) is 7.12. The van der Waals surface area contributed by atoms with Crippen molar-refractivity contribution in [1.82, 2.24) is 10.2 Å². The highest BCUT2D eigenvalue weighted by molar-refractivity contribution is 5.77. The summed E-state index contributed by atoms with van der Waals surface area (Å²) < 4.78 is 11.8. The average molecular weight is 390 g/mol. The summed E-state index contributed by atoms with van der Waals surface area (Å²) in [6, 6.07) is 14.1. The van der Waals surface area contributed by atoms with E-state index < -0.39 is 0 Å². The average Bonchev–Trinajstić information content (AvgIpc) is 3.48. The standard InChI is InChI=1S/C24H26N2O3/c1-15(27)11-21(22-14-25-26-16(22)2)19-9-10-23(24(13-19)28-3)29-20-6-4-5-18(12-20)17-7-8-17/h4-6,9-10,12-14,17,21H,7-8,11H2,1-3H3,(H,25,26). The molecule has 0 saturated heterocycles. The number of nitrogens with one attached hydrogen (secondary N) is 1. The number of nitrogens with zero attached hydrogens (tertiary/aromatic N) is 1. The highest BCUT2D eigenvalue weighted by Crippen LogP contribution is 2.42. The van der Waals surface area contributed by atoms with Gasteiger partial charge in [0.05, 0.1) is 12.8 Å². The molecule has 1 aliphatic rings. The highest BCUT2D eigenvalue weighted by Gasteiger charge is 2.24. The van der Waals surface area contributed by atoms with Crippen molar-refractivity contribution in [3.8, 4) is 17.2 Å². The molecule has 2 aromatic carbocycles. The Labute approximate surface area is 171 Å². The first-order valence-electron chi connectivity index (χ1n) is 10.0. The zero-order chi connectivity index (χ0) is 20.4. The SMILES string of the molecule is COc1cc(C(CC(C)=O)c2c[nH]nc2C)ccc1Oc1cccc(C2CC2)c1. The van der Waals surface area contributed by atoms with Crippen LogP contribution in [0, 0.1) is 6.92 Å². The predicted octanol–water partition coefficient (Wildman–Crippen LogP) is 5.51. The molecular weight excluding hydrogens is 364 g/mol. The third kappa shape index (κ3) is 4.34. The quantitative estimate of drug-likeness (QED) is 0.551. The van der Waals surface area contributed by atoms with Crippen LogP contribution < -0.4 is 9.47 Å². The molecule has 1 aliphatic carbocycles. The molecule has 5 nitrogen and oxygen atoms in total. The lowest BCUT2D eigenvalue weighted by Gasteiger charge is -2.18. The molecule has 0 amide bonds. The molecule has 0 spiro atoms. The van der Waals surface area contributed by atoms with Crippen molar-refractivity contribution in [1.29, 1.82) is 0 Å². The number of ketones is 1. The number of carbonyl (C=O) groups excluding carboxylic acids is 1. The molecule has 0 aliphatic heterocycles. The van der Waals surface area contributed by atoms with Gasteiger partial charge in [0.25, 0.3) is 0 Å². The van der Waals surface area contributed by atoms with Crippen LogP contribution >= 0.6 is 0 Å². The van der Waals surface area contributed by atoms with Gasteiger partial charge in [0.1, 0.15) is 11.5 Å². The van der Waals surface area contributed by atoms with Gasteiger partial charge < -0.3 is 9.47 Å². The zero-order valence-electron chi connectivity index (χ0n) is 17.1. The van der Waals surface area contributed by atoms with Gasteiger partial charge in [-0.15, -0.1) is 0 Å². The molecule has 1 heterocycles. The van der Waals surface area contributed by atoms with Crippen LogP contribution in [0.3, 0.4) is 0 Å². The Kier molecular flexibility index (Phi) is 5.38. The normalized spacial score (nSPS) is 14.4. The number of methoxy groups -OCH3 is 1. The first kappa shape index (κ1) is 19.2. The lowest BCUT2D eigenvalue weighted by Crippen LogP contribution is -2.07. The van der Waals surface area contributed by atoms with Crippen molar-refractivity contribution < 1.29 is 14.3 Å². The Bertz CT molecular complexity index is 1020. The lowest BCUT2D eigenvalue weighted by molar-refractivity contribution is -0.117. The number of Topliss-reactive ketones (excluding diaryl/α,β-unsaturated/α-hetero) is 1. The minimum absolute atomic E-state index is 0.0765. The molecule has 150 valence electrons. The molecule has 3 aromatic rings. The van der Waals surface area contributed by atoms with Crippen molar-refractivity contribution in [3.63, 3.8) is 0 Å². The molecule has 1 unspecified atom stereocenters. The summed E-state index contributed by atoms with van der Waals surface area (Å²) >= 11 is 0. The van der Waals surface area contributed by atoms with E-state index in [4.69, 9.17) is 9.47 Å². The van der Waals surface area contributed by atoms with Gasteiger partial charge in [-0.1, -0.05) is 18.2 Å². The number of benzene rings is 2. The number of rotatable bonds is 8. The summed E-state index contributed by atoms with van der Waals surface area (Å²) in [5.74, 6) is 2.85. The second-order valence-corrected chi connectivity index (χ2v) is 7.74. The van der Waals surface area contributed by atoms with Crippen LogP contribution in [0.25, 0.3) is 0 Å². The first-order chi connectivity index (χ1) is 14.0. The first-order valence-corrected chi connectivity index (χ1v) is 10.0. The van der Waals surface area contributed by atoms with Crippen molar-refractivity contribution in [2.75, 3.05) is 7.11 Å². The van der Waals surface area contributed by atoms with Gasteiger partial charge in [0, 0.05) is 24.1 Å². The Hall–Kier alpha value is -3.08. The van der Waals surface area contributed by atoms with Gasteiger partial charge in [0.2, 0.25) is 0 Å². The van der Waals surface area contributed by atoms with Crippen LogP contribution in [0.5, 0.6) is 17.2 Å². The van der Waals surface area contributed by atoms with Gasteiger partial charge in [-0.05, 0) is 68.0 Å². The van der Waals surface area contributed by atoms with E-state index in [0.717, 1.165) is 22.6 Å². The van der Waals surface area contributed by atoms with Gasteiger partial charge in [0.15, 0.2) is 11.5 Å². The molecule has 1 aromatic heterocycles. The molecule has 1 saturated carbocycles. The number of hydrogen-bond acceptors (Lipinski definition) is 4. The summed E-state index contributed by atoms with van der Waals surface area (Å²) in [6.45, 7) is 3.56. The van der Waals surface area contributed by atoms with Crippen LogP contribution in [0.15, 0.2) is 48.7 Å². The van der Waals surface area contributed by atoms with E-state index in [-0.39, 0.29) is 11.7 Å². The van der Waals surface area contributed by atoms with Crippen LogP contribution in [0.1, 0.15) is 60.4 Å². The van der Waals surface area contributed by atoms with Crippen molar-refractivity contribution >= 4 is 5.78 Å². The fraction of sp³-hybridized carbons (Fsp3) is 0.333. The number of hydrogen-bond donors (Lipinski definition) is 1. The smallest absolute Gasteiger partial charge is 0.169 e. The third-order valence-corrected chi connectivity index (χ3v) is 5.46. The summed E-state index contributed by atoms with van der Waals surface area (Å²) in [7, 11) is 1.63. The molecule has 4 rings (SSSR count). The maximum atomic E-state index is 11.9. The number of aromatic amines is 1. The van der Waals surface area contributed by atoms with Crippen LogP contribution in [-0.4, -0.2) is 23.1 Å². The molecule has 0 bridgehead atoms. The van der Waals surface area contributed by atoms with E-state index in [1.165, 1.54) is 18.4 Å². The Morgan fingerprint density at radius 1 is 1.21 bits per heavy atom. The molecule has 5 heteroatoms. The van der Waals surface area contributed by atoms with E-state index in [0.29, 0.717) is 23.8 Å². The Morgan fingerprint density at radius 3 is 2.69 bits per heavy atom. The van der Waals surface area contributed by atoms with E-state index in [2.05, 4.69) is 22.3 Å². The van der Waals surface area contributed by atoms with Crippen LogP contribution in [0.4, 0.5) is 0 Å². The summed E-state index contributed by atoms with van der Waals surface area (Å²) in [5.41, 5.74) is 4.25. The predicted molar refractivity (Wildman–Crippen MR) is 112 cm³/mol. The van der Waals surface area contributed by atoms with Crippen molar-refractivity contribution in [3.05, 3.63) is 71.0 Å². The molecule has 29 heavy (non-hydrogen) atoms. The minimum Gasteiger partial charge on any atom is -0.493 e. The largest absolute Gasteiger partial charge is 0.493 e. The van der Waals surface area contributed by atoms with Crippen molar-refractivity contribution in [2.24, 2.45) is 0 Å². The number of ether oxygens (including phenoxy) is 2. The molecular formula is C24H26N2O3. The zero-order valence-corrected chi connectivity index (χ0v) is 17.1. The van der Waals surface area contributed by atoms with Crippen molar-refractivity contribution in [2.45, 2.75) is 44.9 Å². The number of aryl methyl sites for hydroxylation is 1. The number of aromatic nitrogens is 2. The van der Waals surface area contributed by atoms with E-state index >= 15 is 0 Å². The molecule has 1 fully saturated rings. The van der Waals surface area contributed by atoms with Gasteiger partial charge in [-0.3, -0.25) is 9.89 Å². The van der Waals surface area contributed by atoms with Gasteiger partial charge in [-0.25, -0.2) is 0 Å². The molecule has 1 N–H and O–H groups in total. The van der Waals surface area contributed by atoms with Gasteiger partial charge >= 0.3 is 0 Å². The van der Waals surface area contributed by atoms with Crippen LogP contribution in [-0.2, 0) is 4.79 Å². The Balaban J connectivity index is 1.63. The summed E-state index contributed by atoms with van der Waals surface area (Å²) in [4.78, 5) is 11.9.